The fourth-order valence-corrected chi connectivity index (χ4v) is 0.760. The van der Waals surface area contributed by atoms with E-state index < -0.39 is 0 Å². The third-order valence-electron chi connectivity index (χ3n) is 1.76. The minimum atomic E-state index is -0.134. The molecular weight excluding hydrogens is 186 g/mol. The van der Waals surface area contributed by atoms with Crippen LogP contribution in [-0.2, 0) is 19.1 Å². The lowest BCUT2D eigenvalue weighted by Gasteiger charge is -2.09. The highest BCUT2D eigenvalue weighted by atomic mass is 16.7. The third kappa shape index (κ3) is 7.97. The van der Waals surface area contributed by atoms with E-state index in [1.165, 1.54) is 0 Å². The highest BCUT2D eigenvalue weighted by molar-refractivity contribution is 5.74. The molecule has 0 saturated carbocycles. The second-order valence-electron chi connectivity index (χ2n) is 2.95. The van der Waals surface area contributed by atoms with Crippen LogP contribution < -0.4 is 5.48 Å². The van der Waals surface area contributed by atoms with Crippen LogP contribution in [0.4, 0.5) is 0 Å². The number of nitrogens with one attached hydrogen (secondary N) is 1. The average Bonchev–Trinajstić information content (AvgIpc) is 2.21. The van der Waals surface area contributed by atoms with Crippen molar-refractivity contribution in [3.8, 4) is 0 Å². The standard InChI is InChI=1S/C9H19NO4/c1-8(13-3)4-5-9(11)10-14-7-6-12-2/h8H,4-7H2,1-3H3,(H,10,11). The molecule has 0 aliphatic carbocycles. The maximum absolute atomic E-state index is 11.1. The van der Waals surface area contributed by atoms with Crippen LogP contribution in [0.1, 0.15) is 19.8 Å². The van der Waals surface area contributed by atoms with E-state index in [0.717, 1.165) is 0 Å². The van der Waals surface area contributed by atoms with Gasteiger partial charge in [0, 0.05) is 20.6 Å². The van der Waals surface area contributed by atoms with Crippen molar-refractivity contribution in [3.63, 3.8) is 0 Å². The van der Waals surface area contributed by atoms with Crippen molar-refractivity contribution in [2.75, 3.05) is 27.4 Å². The summed E-state index contributed by atoms with van der Waals surface area (Å²) in [4.78, 5) is 15.9. The number of ether oxygens (including phenoxy) is 2. The number of rotatable bonds is 8. The van der Waals surface area contributed by atoms with Crippen LogP contribution in [-0.4, -0.2) is 39.4 Å². The predicted molar refractivity (Wildman–Crippen MR) is 51.7 cm³/mol. The van der Waals surface area contributed by atoms with Crippen LogP contribution in [0.25, 0.3) is 0 Å². The molecule has 84 valence electrons. The number of carbonyl (C=O) groups excluding carboxylic acids is 1. The molecule has 0 radical (unpaired) electrons. The van der Waals surface area contributed by atoms with Gasteiger partial charge in [-0.05, 0) is 13.3 Å². The van der Waals surface area contributed by atoms with E-state index >= 15 is 0 Å². The molecule has 0 aromatic rings. The minimum Gasteiger partial charge on any atom is -0.382 e. The van der Waals surface area contributed by atoms with Crippen LogP contribution in [0, 0.1) is 0 Å². The summed E-state index contributed by atoms with van der Waals surface area (Å²) in [5.74, 6) is -0.134. The fraction of sp³-hybridized carbons (Fsp3) is 0.889. The largest absolute Gasteiger partial charge is 0.382 e. The number of hydrogen-bond acceptors (Lipinski definition) is 4. The first-order valence-electron chi connectivity index (χ1n) is 4.63. The molecule has 0 aromatic carbocycles. The van der Waals surface area contributed by atoms with E-state index in [1.807, 2.05) is 6.92 Å². The Bertz CT molecular complexity index is 152. The van der Waals surface area contributed by atoms with Crippen LogP contribution in [0.2, 0.25) is 0 Å². The summed E-state index contributed by atoms with van der Waals surface area (Å²) < 4.78 is 9.75. The van der Waals surface area contributed by atoms with Crippen molar-refractivity contribution >= 4 is 5.91 Å². The molecule has 1 amide bonds. The topological polar surface area (TPSA) is 56.8 Å². The molecule has 0 aliphatic heterocycles. The maximum Gasteiger partial charge on any atom is 0.243 e. The van der Waals surface area contributed by atoms with E-state index in [9.17, 15) is 4.79 Å². The van der Waals surface area contributed by atoms with E-state index in [4.69, 9.17) is 14.3 Å². The molecule has 0 rings (SSSR count). The van der Waals surface area contributed by atoms with E-state index in [1.54, 1.807) is 14.2 Å². The van der Waals surface area contributed by atoms with Crippen LogP contribution in [0.5, 0.6) is 0 Å². The van der Waals surface area contributed by atoms with Crippen molar-refractivity contribution in [1.29, 1.82) is 0 Å². The Kier molecular flexibility index (Phi) is 8.51. The van der Waals surface area contributed by atoms with Gasteiger partial charge in [-0.25, -0.2) is 5.48 Å². The number of hydroxylamine groups is 1. The lowest BCUT2D eigenvalue weighted by atomic mass is 10.2. The highest BCUT2D eigenvalue weighted by Crippen LogP contribution is 1.99. The monoisotopic (exact) mass is 205 g/mol. The first-order valence-corrected chi connectivity index (χ1v) is 4.63. The summed E-state index contributed by atoms with van der Waals surface area (Å²) >= 11 is 0. The van der Waals surface area contributed by atoms with Gasteiger partial charge in [0.2, 0.25) is 5.91 Å². The zero-order valence-corrected chi connectivity index (χ0v) is 9.04. The SMILES string of the molecule is COCCONC(=O)CCC(C)OC. The molecule has 0 heterocycles. The fourth-order valence-electron chi connectivity index (χ4n) is 0.760. The Balaban J connectivity index is 3.28. The number of amides is 1. The molecular formula is C9H19NO4. The Hall–Kier alpha value is -0.650. The molecule has 0 bridgehead atoms. The predicted octanol–water partition coefficient (Wildman–Crippen LogP) is 0.496. The molecule has 0 spiro atoms. The van der Waals surface area contributed by atoms with Gasteiger partial charge in [-0.1, -0.05) is 0 Å². The Morgan fingerprint density at radius 2 is 2.07 bits per heavy atom. The molecule has 0 fully saturated rings. The maximum atomic E-state index is 11.1. The number of methoxy groups -OCH3 is 2. The first-order chi connectivity index (χ1) is 6.70. The van der Waals surface area contributed by atoms with Gasteiger partial charge >= 0.3 is 0 Å². The Morgan fingerprint density at radius 3 is 2.64 bits per heavy atom. The van der Waals surface area contributed by atoms with Crippen molar-refractivity contribution in [2.24, 2.45) is 0 Å². The van der Waals surface area contributed by atoms with E-state index in [2.05, 4.69) is 5.48 Å². The molecule has 0 aliphatic rings. The van der Waals surface area contributed by atoms with Gasteiger partial charge in [-0.3, -0.25) is 9.63 Å². The zero-order chi connectivity index (χ0) is 10.8. The van der Waals surface area contributed by atoms with E-state index in [-0.39, 0.29) is 12.0 Å². The van der Waals surface area contributed by atoms with Gasteiger partial charge < -0.3 is 9.47 Å². The van der Waals surface area contributed by atoms with Crippen molar-refractivity contribution in [3.05, 3.63) is 0 Å². The molecule has 5 heteroatoms. The van der Waals surface area contributed by atoms with Gasteiger partial charge in [0.1, 0.15) is 0 Å². The zero-order valence-electron chi connectivity index (χ0n) is 9.04. The highest BCUT2D eigenvalue weighted by Gasteiger charge is 2.05. The Labute approximate surface area is 84.7 Å². The van der Waals surface area contributed by atoms with Gasteiger partial charge in [0.15, 0.2) is 0 Å². The molecule has 1 atom stereocenters. The second kappa shape index (κ2) is 8.93. The van der Waals surface area contributed by atoms with Gasteiger partial charge in [0.25, 0.3) is 0 Å². The van der Waals surface area contributed by atoms with E-state index in [0.29, 0.717) is 26.1 Å². The smallest absolute Gasteiger partial charge is 0.243 e. The van der Waals surface area contributed by atoms with Crippen molar-refractivity contribution in [1.82, 2.24) is 5.48 Å². The second-order valence-corrected chi connectivity index (χ2v) is 2.95. The lowest BCUT2D eigenvalue weighted by Crippen LogP contribution is -2.26. The summed E-state index contributed by atoms with van der Waals surface area (Å²) in [6, 6.07) is 0. The lowest BCUT2D eigenvalue weighted by molar-refractivity contribution is -0.135. The van der Waals surface area contributed by atoms with Crippen LogP contribution >= 0.6 is 0 Å². The molecule has 0 saturated heterocycles. The molecule has 1 unspecified atom stereocenters. The number of hydrogen-bond donors (Lipinski definition) is 1. The first kappa shape index (κ1) is 13.4. The van der Waals surface area contributed by atoms with Gasteiger partial charge in [-0.2, -0.15) is 0 Å². The molecule has 14 heavy (non-hydrogen) atoms. The third-order valence-corrected chi connectivity index (χ3v) is 1.76. The van der Waals surface area contributed by atoms with Crippen molar-refractivity contribution in [2.45, 2.75) is 25.9 Å². The number of carbonyl (C=O) groups is 1. The molecule has 0 aromatic heterocycles. The quantitative estimate of drug-likeness (QED) is 0.463. The minimum absolute atomic E-state index is 0.0970. The normalized spacial score (nSPS) is 12.5. The summed E-state index contributed by atoms with van der Waals surface area (Å²) in [6.45, 7) is 2.75. The van der Waals surface area contributed by atoms with Crippen LogP contribution in [0.15, 0.2) is 0 Å². The summed E-state index contributed by atoms with van der Waals surface area (Å²) in [7, 11) is 3.20. The van der Waals surface area contributed by atoms with Crippen molar-refractivity contribution < 1.29 is 19.1 Å². The van der Waals surface area contributed by atoms with Gasteiger partial charge in [0.05, 0.1) is 19.3 Å². The van der Waals surface area contributed by atoms with Crippen LogP contribution in [0.3, 0.4) is 0 Å². The summed E-state index contributed by atoms with van der Waals surface area (Å²) in [5.41, 5.74) is 2.32. The summed E-state index contributed by atoms with van der Waals surface area (Å²) in [5, 5.41) is 0. The molecule has 1 N–H and O–H groups in total. The average molecular weight is 205 g/mol. The summed E-state index contributed by atoms with van der Waals surface area (Å²) in [6.07, 6.45) is 1.19. The molecule has 5 nitrogen and oxygen atoms in total. The van der Waals surface area contributed by atoms with Gasteiger partial charge in [-0.15, -0.1) is 0 Å². The Morgan fingerprint density at radius 1 is 1.36 bits per heavy atom.